The molecule has 0 atom stereocenters. The molecular formula is C12H17. The molecule has 0 saturated carbocycles. The molecule has 0 N–H and O–H groups in total. The van der Waals surface area contributed by atoms with Gasteiger partial charge < -0.3 is 0 Å². The van der Waals surface area contributed by atoms with Crippen molar-refractivity contribution in [2.75, 3.05) is 0 Å². The van der Waals surface area contributed by atoms with Crippen LogP contribution in [-0.4, -0.2) is 0 Å². The van der Waals surface area contributed by atoms with Crippen LogP contribution in [0.25, 0.3) is 0 Å². The summed E-state index contributed by atoms with van der Waals surface area (Å²) in [6.07, 6.45) is 2.43. The lowest BCUT2D eigenvalue weighted by Gasteiger charge is -2.05. The molecule has 0 nitrogen and oxygen atoms in total. The summed E-state index contributed by atoms with van der Waals surface area (Å²) in [5.74, 6) is 1.39. The Bertz CT molecular complexity index is 218. The van der Waals surface area contributed by atoms with Crippen LogP contribution < -0.4 is 0 Å². The first-order valence-electron chi connectivity index (χ1n) is 4.63. The van der Waals surface area contributed by atoms with Gasteiger partial charge in [0.1, 0.15) is 0 Å². The van der Waals surface area contributed by atoms with E-state index in [1.54, 1.807) is 0 Å². The SMILES string of the molecule is CCCc1ccc([C](C)C)cc1. The third-order valence-electron chi connectivity index (χ3n) is 2.07. The Morgan fingerprint density at radius 2 is 1.67 bits per heavy atom. The van der Waals surface area contributed by atoms with E-state index in [2.05, 4.69) is 45.0 Å². The van der Waals surface area contributed by atoms with Gasteiger partial charge in [0, 0.05) is 0 Å². The molecule has 1 aromatic rings. The van der Waals surface area contributed by atoms with Crippen molar-refractivity contribution in [3.8, 4) is 0 Å². The van der Waals surface area contributed by atoms with Crippen LogP contribution >= 0.6 is 0 Å². The van der Waals surface area contributed by atoms with Crippen molar-refractivity contribution in [1.29, 1.82) is 0 Å². The molecule has 1 aromatic carbocycles. The van der Waals surface area contributed by atoms with E-state index in [-0.39, 0.29) is 0 Å². The van der Waals surface area contributed by atoms with E-state index in [1.165, 1.54) is 29.9 Å². The summed E-state index contributed by atoms with van der Waals surface area (Å²) >= 11 is 0. The van der Waals surface area contributed by atoms with E-state index in [9.17, 15) is 0 Å². The number of benzene rings is 1. The molecule has 0 unspecified atom stereocenters. The quantitative estimate of drug-likeness (QED) is 0.635. The summed E-state index contributed by atoms with van der Waals surface area (Å²) in [4.78, 5) is 0. The van der Waals surface area contributed by atoms with Gasteiger partial charge in [0.2, 0.25) is 0 Å². The highest BCUT2D eigenvalue weighted by Gasteiger charge is 1.98. The average molecular weight is 161 g/mol. The topological polar surface area (TPSA) is 0 Å². The minimum Gasteiger partial charge on any atom is -0.0651 e. The molecule has 0 saturated heterocycles. The minimum absolute atomic E-state index is 1.20. The van der Waals surface area contributed by atoms with Crippen LogP contribution in [0.3, 0.4) is 0 Å². The molecule has 1 rings (SSSR count). The monoisotopic (exact) mass is 161 g/mol. The first-order chi connectivity index (χ1) is 5.74. The zero-order valence-corrected chi connectivity index (χ0v) is 8.22. The largest absolute Gasteiger partial charge is 0.0651 e. The van der Waals surface area contributed by atoms with E-state index >= 15 is 0 Å². The van der Waals surface area contributed by atoms with Gasteiger partial charge >= 0.3 is 0 Å². The van der Waals surface area contributed by atoms with Crippen LogP contribution in [0.5, 0.6) is 0 Å². The average Bonchev–Trinajstić information content (AvgIpc) is 2.06. The standard InChI is InChI=1S/C12H17/c1-4-5-11-6-8-12(9-7-11)10(2)3/h6-9H,4-5H2,1-3H3. The normalized spacial score (nSPS) is 10.7. The van der Waals surface area contributed by atoms with Crippen LogP contribution in [0, 0.1) is 5.92 Å². The molecule has 0 heterocycles. The Hall–Kier alpha value is -0.780. The zero-order valence-electron chi connectivity index (χ0n) is 8.22. The van der Waals surface area contributed by atoms with Gasteiger partial charge in [0.25, 0.3) is 0 Å². The molecule has 0 aliphatic rings. The van der Waals surface area contributed by atoms with E-state index in [4.69, 9.17) is 0 Å². The molecule has 0 aliphatic carbocycles. The Kier molecular flexibility index (Phi) is 3.33. The van der Waals surface area contributed by atoms with Gasteiger partial charge in [-0.2, -0.15) is 0 Å². The first kappa shape index (κ1) is 9.31. The zero-order chi connectivity index (χ0) is 8.97. The summed E-state index contributed by atoms with van der Waals surface area (Å²) < 4.78 is 0. The fourth-order valence-electron chi connectivity index (χ4n) is 1.29. The van der Waals surface area contributed by atoms with E-state index in [1.807, 2.05) is 0 Å². The van der Waals surface area contributed by atoms with E-state index < -0.39 is 0 Å². The second-order valence-corrected chi connectivity index (χ2v) is 3.45. The molecule has 0 bridgehead atoms. The van der Waals surface area contributed by atoms with Crippen molar-refractivity contribution >= 4 is 0 Å². The smallest absolute Gasteiger partial charge is 0.00120 e. The molecular weight excluding hydrogens is 144 g/mol. The van der Waals surface area contributed by atoms with Gasteiger partial charge in [-0.25, -0.2) is 0 Å². The van der Waals surface area contributed by atoms with Gasteiger partial charge in [-0.1, -0.05) is 51.5 Å². The highest BCUT2D eigenvalue weighted by molar-refractivity contribution is 5.31. The lowest BCUT2D eigenvalue weighted by molar-refractivity contribution is 0.920. The van der Waals surface area contributed by atoms with Crippen LogP contribution in [-0.2, 0) is 6.42 Å². The fourth-order valence-corrected chi connectivity index (χ4v) is 1.29. The van der Waals surface area contributed by atoms with Gasteiger partial charge in [-0.15, -0.1) is 0 Å². The van der Waals surface area contributed by atoms with Gasteiger partial charge in [0.05, 0.1) is 0 Å². The number of rotatable bonds is 3. The number of hydrogen-bond donors (Lipinski definition) is 0. The predicted octanol–water partition coefficient (Wildman–Crippen LogP) is 3.60. The molecule has 0 spiro atoms. The molecule has 1 radical (unpaired) electrons. The Labute approximate surface area is 75.6 Å². The molecule has 0 heteroatoms. The van der Waals surface area contributed by atoms with Crippen molar-refractivity contribution in [1.82, 2.24) is 0 Å². The Morgan fingerprint density at radius 1 is 1.08 bits per heavy atom. The van der Waals surface area contributed by atoms with Crippen molar-refractivity contribution in [3.05, 3.63) is 41.3 Å². The minimum atomic E-state index is 1.20. The number of aryl methyl sites for hydroxylation is 1. The predicted molar refractivity (Wildman–Crippen MR) is 54.1 cm³/mol. The van der Waals surface area contributed by atoms with Crippen LogP contribution in [0.15, 0.2) is 24.3 Å². The maximum Gasteiger partial charge on any atom is -0.00120 e. The maximum absolute atomic E-state index is 2.23. The third kappa shape index (κ3) is 2.37. The van der Waals surface area contributed by atoms with Crippen molar-refractivity contribution in [3.63, 3.8) is 0 Å². The molecule has 65 valence electrons. The van der Waals surface area contributed by atoms with Gasteiger partial charge in [0.15, 0.2) is 0 Å². The fraction of sp³-hybridized carbons (Fsp3) is 0.417. The van der Waals surface area contributed by atoms with Gasteiger partial charge in [-0.05, 0) is 23.5 Å². The van der Waals surface area contributed by atoms with E-state index in [0.717, 1.165) is 0 Å². The van der Waals surface area contributed by atoms with E-state index in [0.29, 0.717) is 0 Å². The Morgan fingerprint density at radius 3 is 2.08 bits per heavy atom. The molecule has 0 aliphatic heterocycles. The lowest BCUT2D eigenvalue weighted by Crippen LogP contribution is -1.89. The summed E-state index contributed by atoms with van der Waals surface area (Å²) in [7, 11) is 0. The van der Waals surface area contributed by atoms with Crippen molar-refractivity contribution in [2.45, 2.75) is 33.6 Å². The second-order valence-electron chi connectivity index (χ2n) is 3.45. The summed E-state index contributed by atoms with van der Waals surface area (Å²) in [5, 5.41) is 0. The highest BCUT2D eigenvalue weighted by Crippen LogP contribution is 2.14. The van der Waals surface area contributed by atoms with Crippen LogP contribution in [0.2, 0.25) is 0 Å². The van der Waals surface area contributed by atoms with Crippen molar-refractivity contribution < 1.29 is 0 Å². The lowest BCUT2D eigenvalue weighted by atomic mass is 10.0. The van der Waals surface area contributed by atoms with Gasteiger partial charge in [-0.3, -0.25) is 0 Å². The first-order valence-corrected chi connectivity index (χ1v) is 4.63. The summed E-state index contributed by atoms with van der Waals surface area (Å²) in [6, 6.07) is 8.87. The third-order valence-corrected chi connectivity index (χ3v) is 2.07. The number of hydrogen-bond acceptors (Lipinski definition) is 0. The Balaban J connectivity index is 2.71. The van der Waals surface area contributed by atoms with Crippen molar-refractivity contribution in [2.24, 2.45) is 0 Å². The maximum atomic E-state index is 2.23. The molecule has 12 heavy (non-hydrogen) atoms. The van der Waals surface area contributed by atoms with Crippen LogP contribution in [0.1, 0.15) is 38.3 Å². The highest BCUT2D eigenvalue weighted by atomic mass is 14.0. The molecule has 0 fully saturated rings. The second kappa shape index (κ2) is 4.30. The van der Waals surface area contributed by atoms with Crippen LogP contribution in [0.4, 0.5) is 0 Å². The molecule has 0 amide bonds. The summed E-state index contributed by atoms with van der Waals surface area (Å²) in [5.41, 5.74) is 2.80. The summed E-state index contributed by atoms with van der Waals surface area (Å²) in [6.45, 7) is 6.51. The molecule has 0 aromatic heterocycles.